The summed E-state index contributed by atoms with van der Waals surface area (Å²) in [4.78, 5) is 9.17. The number of amidine groups is 1. The van der Waals surface area contributed by atoms with Crippen molar-refractivity contribution in [2.24, 2.45) is 10.7 Å². The molecule has 0 bridgehead atoms. The van der Waals surface area contributed by atoms with E-state index in [-0.39, 0.29) is 12.6 Å². The van der Waals surface area contributed by atoms with E-state index in [0.717, 1.165) is 22.3 Å². The topological polar surface area (TPSA) is 90.0 Å². The number of aliphatic hydroxyl groups is 1. The first-order valence-electron chi connectivity index (χ1n) is 9.96. The van der Waals surface area contributed by atoms with E-state index in [9.17, 15) is 5.11 Å². The van der Waals surface area contributed by atoms with Crippen molar-refractivity contribution < 1.29 is 14.6 Å². The fourth-order valence-electron chi connectivity index (χ4n) is 3.83. The first-order chi connectivity index (χ1) is 14.8. The molecule has 0 fully saturated rings. The van der Waals surface area contributed by atoms with Gasteiger partial charge in [-0.3, -0.25) is 0 Å². The molecule has 0 saturated heterocycles. The Morgan fingerprint density at radius 2 is 1.87 bits per heavy atom. The molecule has 3 N–H and O–H groups in total. The van der Waals surface area contributed by atoms with Gasteiger partial charge in [0.1, 0.15) is 18.0 Å². The Balaban J connectivity index is 1.69. The number of rotatable bonds is 1. The van der Waals surface area contributed by atoms with Crippen LogP contribution in [0.3, 0.4) is 0 Å². The highest BCUT2D eigenvalue weighted by Gasteiger charge is 2.47. The second kappa shape index (κ2) is 6.86. The van der Waals surface area contributed by atoms with Crippen LogP contribution in [-0.4, -0.2) is 28.3 Å². The molecular formula is C25H21N3O3. The molecule has 0 amide bonds. The van der Waals surface area contributed by atoms with Crippen molar-refractivity contribution >= 4 is 6.02 Å². The Morgan fingerprint density at radius 1 is 1.06 bits per heavy atom. The van der Waals surface area contributed by atoms with Gasteiger partial charge in [0.05, 0.1) is 5.56 Å². The highest BCUT2D eigenvalue weighted by atomic mass is 16.5. The molecule has 3 heterocycles. The van der Waals surface area contributed by atoms with Gasteiger partial charge >= 0.3 is 0 Å². The van der Waals surface area contributed by atoms with Crippen LogP contribution in [0.4, 0.5) is 0 Å². The molecule has 1 spiro atoms. The minimum absolute atomic E-state index is 0.122. The molecule has 5 rings (SSSR count). The molecule has 6 heteroatoms. The number of hydrogen-bond acceptors (Lipinski definition) is 6. The van der Waals surface area contributed by atoms with Crippen molar-refractivity contribution in [3.63, 3.8) is 0 Å². The van der Waals surface area contributed by atoms with E-state index in [2.05, 4.69) is 35.0 Å². The molecule has 154 valence electrons. The van der Waals surface area contributed by atoms with E-state index >= 15 is 0 Å². The van der Waals surface area contributed by atoms with Crippen molar-refractivity contribution in [3.05, 3.63) is 77.5 Å². The summed E-state index contributed by atoms with van der Waals surface area (Å²) in [6.07, 6.45) is 1.62. The molecule has 31 heavy (non-hydrogen) atoms. The van der Waals surface area contributed by atoms with Crippen LogP contribution < -0.4 is 10.5 Å². The lowest BCUT2D eigenvalue weighted by molar-refractivity contribution is 0.143. The van der Waals surface area contributed by atoms with Gasteiger partial charge in [-0.15, -0.1) is 0 Å². The zero-order chi connectivity index (χ0) is 21.6. The van der Waals surface area contributed by atoms with Gasteiger partial charge in [0.2, 0.25) is 5.88 Å². The predicted octanol–water partition coefficient (Wildman–Crippen LogP) is 3.57. The molecular weight excluding hydrogens is 390 g/mol. The third-order valence-electron chi connectivity index (χ3n) is 5.28. The van der Waals surface area contributed by atoms with Crippen molar-refractivity contribution in [2.75, 3.05) is 6.61 Å². The average molecular weight is 411 g/mol. The minimum Gasteiger partial charge on any atom is -0.462 e. The SMILES string of the molecule is CC(C)(O)C#Cc1cnc2c(c1)C1(COC(N)=N1)c1cc(-c3ccccc3)ccc1O2. The number of nitrogens with zero attached hydrogens (tertiary/aromatic N) is 2. The van der Waals surface area contributed by atoms with Crippen LogP contribution in [-0.2, 0) is 10.3 Å². The second-order valence-electron chi connectivity index (χ2n) is 8.16. The van der Waals surface area contributed by atoms with E-state index in [1.54, 1.807) is 20.0 Å². The molecule has 1 aromatic heterocycles. The van der Waals surface area contributed by atoms with Crippen LogP contribution in [0, 0.1) is 11.8 Å². The lowest BCUT2D eigenvalue weighted by Gasteiger charge is -2.33. The summed E-state index contributed by atoms with van der Waals surface area (Å²) in [7, 11) is 0. The summed E-state index contributed by atoms with van der Waals surface area (Å²) in [5.41, 5.74) is 8.33. The summed E-state index contributed by atoms with van der Waals surface area (Å²) in [5, 5.41) is 9.95. The van der Waals surface area contributed by atoms with Crippen LogP contribution in [0.15, 0.2) is 65.8 Å². The first-order valence-corrected chi connectivity index (χ1v) is 9.96. The molecule has 2 aromatic carbocycles. The van der Waals surface area contributed by atoms with Gasteiger partial charge in [-0.25, -0.2) is 9.98 Å². The highest BCUT2D eigenvalue weighted by Crippen LogP contribution is 2.51. The third-order valence-corrected chi connectivity index (χ3v) is 5.28. The van der Waals surface area contributed by atoms with E-state index in [0.29, 0.717) is 17.2 Å². The molecule has 0 radical (unpaired) electrons. The number of hydrogen-bond donors (Lipinski definition) is 2. The van der Waals surface area contributed by atoms with Crippen LogP contribution in [0.25, 0.3) is 11.1 Å². The fourth-order valence-corrected chi connectivity index (χ4v) is 3.83. The second-order valence-corrected chi connectivity index (χ2v) is 8.16. The molecule has 2 aliphatic rings. The maximum absolute atomic E-state index is 9.95. The van der Waals surface area contributed by atoms with Gasteiger partial charge in [0.15, 0.2) is 5.54 Å². The van der Waals surface area contributed by atoms with E-state index in [1.165, 1.54) is 0 Å². The van der Waals surface area contributed by atoms with Crippen molar-refractivity contribution in [3.8, 4) is 34.6 Å². The van der Waals surface area contributed by atoms with Crippen LogP contribution in [0.2, 0.25) is 0 Å². The predicted molar refractivity (Wildman–Crippen MR) is 118 cm³/mol. The standard InChI is InChI=1S/C25H21N3O3/c1-24(2,29)11-10-16-12-20-22(27-14-16)31-21-9-8-18(17-6-4-3-5-7-17)13-19(21)25(20)15-30-23(26)28-25/h3-9,12-14,29H,15H2,1-2H3,(H2,26,28). The van der Waals surface area contributed by atoms with Gasteiger partial charge < -0.3 is 20.3 Å². The molecule has 6 nitrogen and oxygen atoms in total. The molecule has 0 saturated carbocycles. The fraction of sp³-hybridized carbons (Fsp3) is 0.200. The monoisotopic (exact) mass is 411 g/mol. The third kappa shape index (κ3) is 3.39. The number of aliphatic imine (C=N–C) groups is 1. The normalized spacial score (nSPS) is 18.7. The summed E-state index contributed by atoms with van der Waals surface area (Å²) in [5.74, 6) is 6.89. The Labute approximate surface area is 180 Å². The van der Waals surface area contributed by atoms with Crippen LogP contribution >= 0.6 is 0 Å². The summed E-state index contributed by atoms with van der Waals surface area (Å²) in [6.45, 7) is 3.51. The molecule has 0 aliphatic carbocycles. The summed E-state index contributed by atoms with van der Waals surface area (Å²) in [6, 6.07) is 18.1. The van der Waals surface area contributed by atoms with E-state index in [4.69, 9.17) is 20.2 Å². The van der Waals surface area contributed by atoms with Gasteiger partial charge in [-0.1, -0.05) is 48.2 Å². The average Bonchev–Trinajstić information content (AvgIpc) is 3.15. The van der Waals surface area contributed by atoms with Gasteiger partial charge in [0, 0.05) is 17.3 Å². The van der Waals surface area contributed by atoms with Crippen LogP contribution in [0.1, 0.15) is 30.5 Å². The lowest BCUT2D eigenvalue weighted by Crippen LogP contribution is -2.31. The zero-order valence-corrected chi connectivity index (χ0v) is 17.2. The van der Waals surface area contributed by atoms with Crippen LogP contribution in [0.5, 0.6) is 11.6 Å². The molecule has 3 aromatic rings. The number of fused-ring (bicyclic) bond motifs is 4. The number of aromatic nitrogens is 1. The maximum Gasteiger partial charge on any atom is 0.283 e. The molecule has 2 aliphatic heterocycles. The zero-order valence-electron chi connectivity index (χ0n) is 17.2. The largest absolute Gasteiger partial charge is 0.462 e. The van der Waals surface area contributed by atoms with Crippen molar-refractivity contribution in [1.29, 1.82) is 0 Å². The quantitative estimate of drug-likeness (QED) is 0.598. The van der Waals surface area contributed by atoms with Gasteiger partial charge in [0.25, 0.3) is 6.02 Å². The van der Waals surface area contributed by atoms with Gasteiger partial charge in [-0.05, 0) is 43.2 Å². The Bertz CT molecular complexity index is 1270. The maximum atomic E-state index is 9.95. The molecule has 1 atom stereocenters. The van der Waals surface area contributed by atoms with Gasteiger partial charge in [-0.2, -0.15) is 0 Å². The van der Waals surface area contributed by atoms with Crippen molar-refractivity contribution in [1.82, 2.24) is 4.98 Å². The number of benzene rings is 2. The number of pyridine rings is 1. The first kappa shape index (κ1) is 19.2. The van der Waals surface area contributed by atoms with E-state index < -0.39 is 11.1 Å². The highest BCUT2D eigenvalue weighted by molar-refractivity contribution is 5.77. The number of nitrogens with two attached hydrogens (primary N) is 1. The molecule has 1 unspecified atom stereocenters. The smallest absolute Gasteiger partial charge is 0.283 e. The lowest BCUT2D eigenvalue weighted by atomic mass is 9.81. The summed E-state index contributed by atoms with van der Waals surface area (Å²) < 4.78 is 11.7. The summed E-state index contributed by atoms with van der Waals surface area (Å²) >= 11 is 0. The Morgan fingerprint density at radius 3 is 2.58 bits per heavy atom. The minimum atomic E-state index is -1.11. The Hall–Kier alpha value is -3.82. The number of ether oxygens (including phenoxy) is 2. The Kier molecular flexibility index (Phi) is 4.24. The van der Waals surface area contributed by atoms with Crippen molar-refractivity contribution in [2.45, 2.75) is 25.0 Å². The van der Waals surface area contributed by atoms with E-state index in [1.807, 2.05) is 36.4 Å².